The van der Waals surface area contributed by atoms with Crippen LogP contribution in [0, 0.1) is 11.7 Å². The number of nitrogens with one attached hydrogen (secondary N) is 1. The molecule has 1 aliphatic heterocycles. The van der Waals surface area contributed by atoms with Gasteiger partial charge in [-0.1, -0.05) is 0 Å². The van der Waals surface area contributed by atoms with Crippen molar-refractivity contribution in [2.24, 2.45) is 11.7 Å². The van der Waals surface area contributed by atoms with Gasteiger partial charge in [-0.2, -0.15) is 0 Å². The van der Waals surface area contributed by atoms with Crippen LogP contribution in [0.5, 0.6) is 0 Å². The quantitative estimate of drug-likeness (QED) is 0.805. The summed E-state index contributed by atoms with van der Waals surface area (Å²) in [5, 5.41) is 13.2. The second-order valence-electron chi connectivity index (χ2n) is 4.72. The number of aromatic nitrogens is 4. The van der Waals surface area contributed by atoms with Crippen molar-refractivity contribution in [2.75, 3.05) is 18.5 Å². The number of hydrogen-bond acceptors (Lipinski definition) is 6. The molecule has 0 radical (unpaired) electrons. The van der Waals surface area contributed by atoms with Gasteiger partial charge in [-0.15, -0.1) is 5.10 Å². The van der Waals surface area contributed by atoms with Crippen LogP contribution in [0.15, 0.2) is 24.5 Å². The van der Waals surface area contributed by atoms with Gasteiger partial charge in [-0.05, 0) is 28.6 Å². The zero-order chi connectivity index (χ0) is 14.8. The number of anilines is 1. The third kappa shape index (κ3) is 2.73. The number of nitrogens with two attached hydrogens (primary N) is 1. The molecule has 2 unspecified atom stereocenters. The first-order chi connectivity index (χ1) is 10.1. The van der Waals surface area contributed by atoms with Gasteiger partial charge in [0.15, 0.2) is 0 Å². The Morgan fingerprint density at radius 2 is 2.33 bits per heavy atom. The molecule has 3 rings (SSSR count). The normalized spacial score (nSPS) is 21.4. The Morgan fingerprint density at radius 1 is 1.48 bits per heavy atom. The lowest BCUT2D eigenvalue weighted by Gasteiger charge is -2.14. The predicted molar refractivity (Wildman–Crippen MR) is 70.0 cm³/mol. The molecule has 8 nitrogen and oxygen atoms in total. The van der Waals surface area contributed by atoms with Crippen LogP contribution < -0.4 is 11.1 Å². The van der Waals surface area contributed by atoms with E-state index in [0.29, 0.717) is 12.3 Å². The Bertz CT molecular complexity index is 647. The fourth-order valence-corrected chi connectivity index (χ4v) is 2.10. The summed E-state index contributed by atoms with van der Waals surface area (Å²) in [5.41, 5.74) is 6.35. The van der Waals surface area contributed by atoms with Gasteiger partial charge in [-0.25, -0.2) is 9.07 Å². The van der Waals surface area contributed by atoms with Crippen molar-refractivity contribution < 1.29 is 13.9 Å². The molecular formula is C12H13FN6O2. The Hall–Kier alpha value is -2.39. The van der Waals surface area contributed by atoms with Gasteiger partial charge >= 0.3 is 0 Å². The summed E-state index contributed by atoms with van der Waals surface area (Å²) >= 11 is 0. The first kappa shape index (κ1) is 13.6. The molecule has 2 heterocycles. The number of halogens is 1. The molecule has 0 saturated carbocycles. The molecule has 1 aromatic heterocycles. The summed E-state index contributed by atoms with van der Waals surface area (Å²) in [5.74, 6) is -1.40. The monoisotopic (exact) mass is 292 g/mol. The Balaban J connectivity index is 1.81. The molecule has 9 heteroatoms. The Morgan fingerprint density at radius 3 is 3.00 bits per heavy atom. The van der Waals surface area contributed by atoms with Crippen molar-refractivity contribution in [3.05, 3.63) is 30.3 Å². The van der Waals surface area contributed by atoms with Crippen LogP contribution in [0.25, 0.3) is 5.69 Å². The maximum atomic E-state index is 13.8. The minimum absolute atomic E-state index is 0.0482. The van der Waals surface area contributed by atoms with E-state index in [-0.39, 0.29) is 24.2 Å². The molecule has 1 aliphatic rings. The predicted octanol–water partition coefficient (Wildman–Crippen LogP) is -0.286. The lowest BCUT2D eigenvalue weighted by atomic mass is 10.0. The molecule has 1 amide bonds. The van der Waals surface area contributed by atoms with E-state index >= 15 is 0 Å². The van der Waals surface area contributed by atoms with Crippen LogP contribution in [0.4, 0.5) is 10.1 Å². The number of rotatable bonds is 3. The number of nitrogens with zero attached hydrogens (tertiary/aromatic N) is 4. The van der Waals surface area contributed by atoms with Gasteiger partial charge in [0, 0.05) is 6.04 Å². The summed E-state index contributed by atoms with van der Waals surface area (Å²) in [6, 6.07) is 3.81. The molecule has 2 atom stereocenters. The zero-order valence-electron chi connectivity index (χ0n) is 10.9. The van der Waals surface area contributed by atoms with E-state index in [2.05, 4.69) is 20.8 Å². The lowest BCUT2D eigenvalue weighted by molar-refractivity contribution is -0.120. The highest BCUT2D eigenvalue weighted by Gasteiger charge is 2.31. The summed E-state index contributed by atoms with van der Waals surface area (Å²) in [4.78, 5) is 12.1. The van der Waals surface area contributed by atoms with Crippen molar-refractivity contribution in [1.29, 1.82) is 0 Å². The second kappa shape index (κ2) is 5.54. The van der Waals surface area contributed by atoms with Gasteiger partial charge in [0.25, 0.3) is 0 Å². The summed E-state index contributed by atoms with van der Waals surface area (Å²) in [6.07, 6.45) is 1.37. The van der Waals surface area contributed by atoms with E-state index < -0.39 is 11.7 Å². The maximum absolute atomic E-state index is 13.8. The highest BCUT2D eigenvalue weighted by atomic mass is 19.1. The van der Waals surface area contributed by atoms with E-state index in [0.717, 1.165) is 0 Å². The van der Waals surface area contributed by atoms with Gasteiger partial charge in [0.05, 0.1) is 30.5 Å². The van der Waals surface area contributed by atoms with Crippen molar-refractivity contribution in [1.82, 2.24) is 20.2 Å². The van der Waals surface area contributed by atoms with Gasteiger partial charge in [-0.3, -0.25) is 4.79 Å². The summed E-state index contributed by atoms with van der Waals surface area (Å²) in [6.45, 7) is 0.562. The van der Waals surface area contributed by atoms with Gasteiger partial charge < -0.3 is 15.8 Å². The van der Waals surface area contributed by atoms with Crippen molar-refractivity contribution in [3.8, 4) is 5.69 Å². The van der Waals surface area contributed by atoms with Crippen molar-refractivity contribution in [3.63, 3.8) is 0 Å². The van der Waals surface area contributed by atoms with Gasteiger partial charge in [0.2, 0.25) is 5.91 Å². The zero-order valence-corrected chi connectivity index (χ0v) is 10.9. The molecule has 3 N–H and O–H groups in total. The first-order valence-corrected chi connectivity index (χ1v) is 6.32. The van der Waals surface area contributed by atoms with E-state index in [1.54, 1.807) is 0 Å². The average molecular weight is 292 g/mol. The number of hydrogen-bond donors (Lipinski definition) is 2. The summed E-state index contributed by atoms with van der Waals surface area (Å²) < 4.78 is 20.3. The van der Waals surface area contributed by atoms with E-state index in [4.69, 9.17) is 10.5 Å². The van der Waals surface area contributed by atoms with Gasteiger partial charge in [0.1, 0.15) is 12.1 Å². The fraction of sp³-hybridized carbons (Fsp3) is 0.333. The SMILES string of the molecule is NC1COCC1C(=O)Nc1cc(-n2cnnn2)ccc1F. The standard InChI is InChI=1S/C12H13FN6O2/c13-9-2-1-7(19-6-15-17-18-19)3-11(9)16-12(20)8-4-21-5-10(8)14/h1-3,6,8,10H,4-5,14H2,(H,16,20). The molecule has 1 aromatic carbocycles. The highest BCUT2D eigenvalue weighted by Crippen LogP contribution is 2.20. The average Bonchev–Trinajstić information content (AvgIpc) is 3.12. The third-order valence-corrected chi connectivity index (χ3v) is 3.28. The van der Waals surface area contributed by atoms with E-state index in [1.807, 2.05) is 0 Å². The highest BCUT2D eigenvalue weighted by molar-refractivity contribution is 5.93. The molecule has 0 aliphatic carbocycles. The molecule has 110 valence electrons. The van der Waals surface area contributed by atoms with Crippen molar-refractivity contribution >= 4 is 11.6 Å². The first-order valence-electron chi connectivity index (χ1n) is 6.32. The van der Waals surface area contributed by atoms with Crippen LogP contribution >= 0.6 is 0 Å². The number of benzene rings is 1. The largest absolute Gasteiger partial charge is 0.379 e. The molecule has 0 bridgehead atoms. The number of carbonyl (C=O) groups is 1. The minimum atomic E-state index is -0.548. The summed E-state index contributed by atoms with van der Waals surface area (Å²) in [7, 11) is 0. The molecule has 0 spiro atoms. The smallest absolute Gasteiger partial charge is 0.231 e. The second-order valence-corrected chi connectivity index (χ2v) is 4.72. The minimum Gasteiger partial charge on any atom is -0.379 e. The molecule has 21 heavy (non-hydrogen) atoms. The van der Waals surface area contributed by atoms with Crippen LogP contribution in [-0.2, 0) is 9.53 Å². The molecule has 1 saturated heterocycles. The number of tetrazole rings is 1. The van der Waals surface area contributed by atoms with Crippen LogP contribution in [0.1, 0.15) is 0 Å². The number of amides is 1. The molecule has 2 aromatic rings. The van der Waals surface area contributed by atoms with E-state index in [9.17, 15) is 9.18 Å². The Kier molecular flexibility index (Phi) is 3.59. The van der Waals surface area contributed by atoms with E-state index in [1.165, 1.54) is 29.2 Å². The van der Waals surface area contributed by atoms with Crippen LogP contribution in [-0.4, -0.2) is 45.4 Å². The maximum Gasteiger partial charge on any atom is 0.231 e. The number of carbonyl (C=O) groups excluding carboxylic acids is 1. The van der Waals surface area contributed by atoms with Crippen molar-refractivity contribution in [2.45, 2.75) is 6.04 Å². The van der Waals surface area contributed by atoms with Crippen LogP contribution in [0.2, 0.25) is 0 Å². The number of ether oxygens (including phenoxy) is 1. The van der Waals surface area contributed by atoms with Crippen LogP contribution in [0.3, 0.4) is 0 Å². The topological polar surface area (TPSA) is 108 Å². The fourth-order valence-electron chi connectivity index (χ4n) is 2.10. The molecular weight excluding hydrogens is 279 g/mol. The Labute approximate surface area is 119 Å². The molecule has 1 fully saturated rings. The third-order valence-electron chi connectivity index (χ3n) is 3.28. The lowest BCUT2D eigenvalue weighted by Crippen LogP contribution is -2.37.